The van der Waals surface area contributed by atoms with Crippen LogP contribution in [0.15, 0.2) is 30.3 Å². The van der Waals surface area contributed by atoms with E-state index in [1.54, 1.807) is 18.2 Å². The zero-order chi connectivity index (χ0) is 24.4. The molecule has 0 unspecified atom stereocenters. The molecule has 0 saturated heterocycles. The van der Waals surface area contributed by atoms with Crippen LogP contribution >= 0.6 is 11.6 Å². The Morgan fingerprint density at radius 3 is 2.65 bits per heavy atom. The Morgan fingerprint density at radius 1 is 1.15 bits per heavy atom. The molecular weight excluding hydrogens is 469 g/mol. The van der Waals surface area contributed by atoms with Crippen molar-refractivity contribution in [2.24, 2.45) is 0 Å². The largest absolute Gasteiger partial charge is 0.383 e. The second kappa shape index (κ2) is 7.69. The number of nitrogen functional groups attached to an aromatic ring is 1. The summed E-state index contributed by atoms with van der Waals surface area (Å²) < 4.78 is 43.8. The average Bonchev–Trinajstić information content (AvgIpc) is 3.10. The van der Waals surface area contributed by atoms with Crippen LogP contribution in [-0.2, 0) is 16.6 Å². The number of anilines is 2. The highest BCUT2D eigenvalue weighted by atomic mass is 35.5. The van der Waals surface area contributed by atoms with Crippen molar-refractivity contribution in [2.45, 2.75) is 32.1 Å². The Bertz CT molecular complexity index is 1500. The zero-order valence-electron chi connectivity index (χ0n) is 18.1. The molecule has 1 amide bonds. The van der Waals surface area contributed by atoms with Gasteiger partial charge in [-0.15, -0.1) is 0 Å². The number of hydrogen-bond acceptors (Lipinski definition) is 5. The molecule has 0 saturated carbocycles. The van der Waals surface area contributed by atoms with Crippen molar-refractivity contribution in [3.63, 3.8) is 0 Å². The van der Waals surface area contributed by atoms with Crippen molar-refractivity contribution >= 4 is 40.0 Å². The number of nitrogens with one attached hydrogen (secondary N) is 1. The quantitative estimate of drug-likeness (QED) is 0.410. The Hall–Kier alpha value is -3.66. The third-order valence-electron chi connectivity index (χ3n) is 5.85. The molecule has 0 bridgehead atoms. The summed E-state index contributed by atoms with van der Waals surface area (Å²) in [5.74, 6) is -3.07. The van der Waals surface area contributed by atoms with Crippen LogP contribution in [0.3, 0.4) is 0 Å². The topological polar surface area (TPSA) is 98.7 Å². The fraction of sp³-hybridized carbons (Fsp3) is 0.217. The summed E-state index contributed by atoms with van der Waals surface area (Å²) in [5.41, 5.74) is 6.53. The van der Waals surface area contributed by atoms with Gasteiger partial charge in [0, 0.05) is 39.8 Å². The molecule has 2 aromatic heterocycles. The van der Waals surface area contributed by atoms with Crippen LogP contribution in [0.4, 0.5) is 24.8 Å². The van der Waals surface area contributed by atoms with Crippen molar-refractivity contribution in [1.29, 1.82) is 0 Å². The highest BCUT2D eigenvalue weighted by Gasteiger charge is 2.36. The monoisotopic (exact) mass is 486 g/mol. The summed E-state index contributed by atoms with van der Waals surface area (Å²) in [7, 11) is 0. The molecule has 3 N–H and O–H groups in total. The number of amides is 1. The standard InChI is InChI=1S/C23H18ClF3N6O/c1-23(2)9-17(34)29-21-18(23)20(28)30-22(31-21)33-16-6-3-10(24)7-12(16)15(32-33)8-11-13(25)4-5-14(26)19(11)27/h3-7H,8-9H2,1-2H3,(H3,28,29,30,31,34). The predicted molar refractivity (Wildman–Crippen MR) is 121 cm³/mol. The number of carbonyl (C=O) groups excluding carboxylic acids is 1. The first-order chi connectivity index (χ1) is 16.0. The molecule has 1 aliphatic heterocycles. The maximum Gasteiger partial charge on any atom is 0.255 e. The smallest absolute Gasteiger partial charge is 0.255 e. The summed E-state index contributed by atoms with van der Waals surface area (Å²) in [6.45, 7) is 3.74. The maximum atomic E-state index is 14.4. The molecule has 0 aliphatic carbocycles. The van der Waals surface area contributed by atoms with E-state index in [1.807, 2.05) is 13.8 Å². The number of halogens is 4. The minimum Gasteiger partial charge on any atom is -0.383 e. The summed E-state index contributed by atoms with van der Waals surface area (Å²) in [6.07, 6.45) is -0.117. The number of fused-ring (bicyclic) bond motifs is 2. The van der Waals surface area contributed by atoms with Gasteiger partial charge in [-0.2, -0.15) is 19.7 Å². The van der Waals surface area contributed by atoms with Crippen LogP contribution in [-0.4, -0.2) is 25.7 Å². The van der Waals surface area contributed by atoms with Crippen molar-refractivity contribution < 1.29 is 18.0 Å². The lowest BCUT2D eigenvalue weighted by Gasteiger charge is -2.31. The van der Waals surface area contributed by atoms with E-state index in [4.69, 9.17) is 17.3 Å². The molecule has 3 heterocycles. The highest BCUT2D eigenvalue weighted by molar-refractivity contribution is 6.31. The number of nitrogens with zero attached hydrogens (tertiary/aromatic N) is 4. The Morgan fingerprint density at radius 2 is 1.88 bits per heavy atom. The predicted octanol–water partition coefficient (Wildman–Crippen LogP) is 4.68. The van der Waals surface area contributed by atoms with E-state index in [1.165, 1.54) is 4.68 Å². The van der Waals surface area contributed by atoms with E-state index in [0.29, 0.717) is 21.5 Å². The lowest BCUT2D eigenvalue weighted by atomic mass is 9.79. The second-order valence-corrected chi connectivity index (χ2v) is 9.20. The van der Waals surface area contributed by atoms with Crippen molar-refractivity contribution in [3.8, 4) is 5.95 Å². The molecule has 2 aromatic carbocycles. The van der Waals surface area contributed by atoms with Gasteiger partial charge in [-0.05, 0) is 30.3 Å². The first-order valence-electron chi connectivity index (χ1n) is 10.3. The highest BCUT2D eigenvalue weighted by Crippen LogP contribution is 2.39. The molecule has 174 valence electrons. The summed E-state index contributed by atoms with van der Waals surface area (Å²) in [4.78, 5) is 21.1. The van der Waals surface area contributed by atoms with Crippen LogP contribution in [0.1, 0.15) is 37.1 Å². The van der Waals surface area contributed by atoms with Crippen LogP contribution in [0.2, 0.25) is 5.02 Å². The van der Waals surface area contributed by atoms with Gasteiger partial charge >= 0.3 is 0 Å². The van der Waals surface area contributed by atoms with Crippen molar-refractivity contribution in [2.75, 3.05) is 11.1 Å². The molecule has 0 spiro atoms. The van der Waals surface area contributed by atoms with Crippen molar-refractivity contribution in [3.05, 3.63) is 69.6 Å². The van der Waals surface area contributed by atoms with E-state index >= 15 is 0 Å². The third kappa shape index (κ3) is 3.54. The molecule has 4 aromatic rings. The van der Waals surface area contributed by atoms with Crippen LogP contribution < -0.4 is 11.1 Å². The minimum absolute atomic E-state index is 0.0491. The van der Waals surface area contributed by atoms with E-state index in [0.717, 1.165) is 12.1 Å². The molecule has 5 rings (SSSR count). The molecule has 0 radical (unpaired) electrons. The number of hydrogen-bond donors (Lipinski definition) is 2. The fourth-order valence-electron chi connectivity index (χ4n) is 4.32. The number of rotatable bonds is 3. The van der Waals surface area contributed by atoms with E-state index in [-0.39, 0.29) is 42.0 Å². The van der Waals surface area contributed by atoms with Gasteiger partial charge in [0.25, 0.3) is 5.95 Å². The lowest BCUT2D eigenvalue weighted by molar-refractivity contribution is -0.117. The summed E-state index contributed by atoms with van der Waals surface area (Å²) in [6, 6.07) is 6.42. The molecule has 1 aliphatic rings. The number of carbonyl (C=O) groups is 1. The van der Waals surface area contributed by atoms with Gasteiger partial charge < -0.3 is 11.1 Å². The van der Waals surface area contributed by atoms with Gasteiger partial charge in [0.15, 0.2) is 11.6 Å². The third-order valence-corrected chi connectivity index (χ3v) is 6.09. The summed E-state index contributed by atoms with van der Waals surface area (Å²) in [5, 5.41) is 8.02. The van der Waals surface area contributed by atoms with Gasteiger partial charge in [0.2, 0.25) is 5.91 Å². The van der Waals surface area contributed by atoms with Gasteiger partial charge in [0.05, 0.1) is 11.2 Å². The minimum atomic E-state index is -1.29. The molecule has 11 heteroatoms. The SMILES string of the molecule is CC1(C)CC(=O)Nc2nc(-n3nc(Cc4c(F)ccc(F)c4F)c4cc(Cl)ccc43)nc(N)c21. The van der Waals surface area contributed by atoms with E-state index in [2.05, 4.69) is 20.4 Å². The van der Waals surface area contributed by atoms with Crippen LogP contribution in [0, 0.1) is 17.5 Å². The zero-order valence-corrected chi connectivity index (χ0v) is 18.8. The molecule has 0 atom stereocenters. The van der Waals surface area contributed by atoms with Gasteiger partial charge in [-0.25, -0.2) is 13.2 Å². The van der Waals surface area contributed by atoms with Crippen LogP contribution in [0.5, 0.6) is 0 Å². The molecular formula is C23H18ClF3N6O. The van der Waals surface area contributed by atoms with E-state index in [9.17, 15) is 18.0 Å². The van der Waals surface area contributed by atoms with Gasteiger partial charge in [0.1, 0.15) is 17.5 Å². The number of nitrogens with two attached hydrogens (primary N) is 1. The molecule has 34 heavy (non-hydrogen) atoms. The second-order valence-electron chi connectivity index (χ2n) is 8.76. The first kappa shape index (κ1) is 22.1. The van der Waals surface area contributed by atoms with Crippen molar-refractivity contribution in [1.82, 2.24) is 19.7 Å². The fourth-order valence-corrected chi connectivity index (χ4v) is 4.49. The maximum absolute atomic E-state index is 14.4. The number of benzene rings is 2. The Kier molecular flexibility index (Phi) is 5.01. The average molecular weight is 487 g/mol. The Labute approximate surface area is 196 Å². The van der Waals surface area contributed by atoms with E-state index < -0.39 is 28.4 Å². The molecule has 0 fully saturated rings. The first-order valence-corrected chi connectivity index (χ1v) is 10.7. The normalized spacial score (nSPS) is 14.8. The Balaban J connectivity index is 1.70. The van der Waals surface area contributed by atoms with Gasteiger partial charge in [-0.3, -0.25) is 4.79 Å². The summed E-state index contributed by atoms with van der Waals surface area (Å²) >= 11 is 6.16. The molecule has 7 nitrogen and oxygen atoms in total. The lowest BCUT2D eigenvalue weighted by Crippen LogP contribution is -2.35. The number of aromatic nitrogens is 4. The van der Waals surface area contributed by atoms with Gasteiger partial charge in [-0.1, -0.05) is 25.4 Å². The van der Waals surface area contributed by atoms with Crippen LogP contribution in [0.25, 0.3) is 16.9 Å².